The highest BCUT2D eigenvalue weighted by Crippen LogP contribution is 2.19. The molecule has 0 aliphatic rings. The number of carbonyl (C=O) groups excluding carboxylic acids is 1. The molecular formula is C17H15NO3. The van der Waals surface area contributed by atoms with Crippen molar-refractivity contribution in [3.63, 3.8) is 0 Å². The summed E-state index contributed by atoms with van der Waals surface area (Å²) in [4.78, 5) is 22.4. The number of nitrogens with zero attached hydrogens (tertiary/aromatic N) is 1. The van der Waals surface area contributed by atoms with E-state index in [1.165, 1.54) is 23.8 Å². The molecule has 0 aliphatic heterocycles. The maximum absolute atomic E-state index is 12.1. The van der Waals surface area contributed by atoms with Gasteiger partial charge in [0.1, 0.15) is 0 Å². The molecule has 0 saturated carbocycles. The number of nitro groups is 1. The highest BCUT2D eigenvalue weighted by molar-refractivity contribution is 6.09. The minimum Gasteiger partial charge on any atom is -0.289 e. The van der Waals surface area contributed by atoms with E-state index in [9.17, 15) is 14.9 Å². The second-order valence-corrected chi connectivity index (χ2v) is 4.57. The lowest BCUT2D eigenvalue weighted by Gasteiger charge is -1.99. The molecule has 2 aromatic rings. The number of hydrogen-bond donors (Lipinski definition) is 0. The van der Waals surface area contributed by atoms with Crippen molar-refractivity contribution in [2.45, 2.75) is 13.3 Å². The average Bonchev–Trinajstić information content (AvgIpc) is 2.53. The number of carbonyl (C=O) groups is 1. The van der Waals surface area contributed by atoms with Crippen LogP contribution in [0.3, 0.4) is 0 Å². The van der Waals surface area contributed by atoms with Gasteiger partial charge in [0.25, 0.3) is 5.69 Å². The molecule has 106 valence electrons. The van der Waals surface area contributed by atoms with Crippen molar-refractivity contribution in [1.29, 1.82) is 0 Å². The van der Waals surface area contributed by atoms with Gasteiger partial charge in [0.05, 0.1) is 10.5 Å². The Hall–Kier alpha value is -2.75. The Labute approximate surface area is 122 Å². The number of nitro benzene ring substituents is 1. The fraction of sp³-hybridized carbons (Fsp3) is 0.118. The third kappa shape index (κ3) is 3.63. The van der Waals surface area contributed by atoms with Crippen molar-refractivity contribution < 1.29 is 9.72 Å². The zero-order chi connectivity index (χ0) is 15.2. The van der Waals surface area contributed by atoms with E-state index in [1.54, 1.807) is 18.2 Å². The average molecular weight is 281 g/mol. The van der Waals surface area contributed by atoms with Crippen LogP contribution in [0.2, 0.25) is 0 Å². The van der Waals surface area contributed by atoms with E-state index >= 15 is 0 Å². The van der Waals surface area contributed by atoms with Crippen molar-refractivity contribution in [3.8, 4) is 0 Å². The largest absolute Gasteiger partial charge is 0.289 e. The van der Waals surface area contributed by atoms with Gasteiger partial charge in [0.15, 0.2) is 5.78 Å². The monoisotopic (exact) mass is 281 g/mol. The summed E-state index contributed by atoms with van der Waals surface area (Å²) in [6.45, 7) is 2.07. The Kier molecular flexibility index (Phi) is 4.61. The van der Waals surface area contributed by atoms with Gasteiger partial charge in [-0.25, -0.2) is 0 Å². The van der Waals surface area contributed by atoms with Crippen LogP contribution in [0.25, 0.3) is 6.08 Å². The summed E-state index contributed by atoms with van der Waals surface area (Å²) < 4.78 is 0. The fourth-order valence-electron chi connectivity index (χ4n) is 1.97. The van der Waals surface area contributed by atoms with Gasteiger partial charge >= 0.3 is 0 Å². The molecule has 0 N–H and O–H groups in total. The molecule has 0 fully saturated rings. The van der Waals surface area contributed by atoms with Crippen molar-refractivity contribution in [2.75, 3.05) is 0 Å². The lowest BCUT2D eigenvalue weighted by atomic mass is 10.1. The Balaban J connectivity index is 2.21. The molecule has 0 spiro atoms. The smallest absolute Gasteiger partial charge is 0.280 e. The zero-order valence-electron chi connectivity index (χ0n) is 11.7. The summed E-state index contributed by atoms with van der Waals surface area (Å²) in [5.74, 6) is -0.373. The molecule has 0 aromatic heterocycles. The van der Waals surface area contributed by atoms with Gasteiger partial charge in [-0.2, -0.15) is 0 Å². The molecule has 0 aliphatic carbocycles. The van der Waals surface area contributed by atoms with Gasteiger partial charge in [0, 0.05) is 6.07 Å². The Bertz CT molecular complexity index is 687. The number of ketones is 1. The first-order valence-corrected chi connectivity index (χ1v) is 6.66. The topological polar surface area (TPSA) is 60.2 Å². The Morgan fingerprint density at radius 3 is 2.43 bits per heavy atom. The summed E-state index contributed by atoms with van der Waals surface area (Å²) in [7, 11) is 0. The SMILES string of the molecule is CCc1ccc(/C=C/C(=O)c2ccccc2[N+](=O)[O-])cc1. The standard InChI is InChI=1S/C17H15NO3/c1-2-13-7-9-14(10-8-13)11-12-17(19)15-5-3-4-6-16(15)18(20)21/h3-12H,2H2,1H3/b12-11+. The number of benzene rings is 2. The number of hydrogen-bond acceptors (Lipinski definition) is 3. The highest BCUT2D eigenvalue weighted by atomic mass is 16.6. The molecule has 2 aromatic carbocycles. The fourth-order valence-corrected chi connectivity index (χ4v) is 1.97. The van der Waals surface area contributed by atoms with Crippen LogP contribution in [0.1, 0.15) is 28.4 Å². The summed E-state index contributed by atoms with van der Waals surface area (Å²) in [5, 5.41) is 10.9. The normalized spacial score (nSPS) is 10.7. The van der Waals surface area contributed by atoms with Gasteiger partial charge in [-0.05, 0) is 29.7 Å². The van der Waals surface area contributed by atoms with Gasteiger partial charge in [-0.15, -0.1) is 0 Å². The van der Waals surface area contributed by atoms with E-state index < -0.39 is 4.92 Å². The van der Waals surface area contributed by atoms with Crippen LogP contribution in [-0.2, 0) is 6.42 Å². The molecule has 0 radical (unpaired) electrons. The van der Waals surface area contributed by atoms with Crippen LogP contribution in [0.5, 0.6) is 0 Å². The van der Waals surface area contributed by atoms with Crippen LogP contribution in [-0.4, -0.2) is 10.7 Å². The molecule has 2 rings (SSSR count). The molecule has 0 atom stereocenters. The minimum absolute atomic E-state index is 0.101. The van der Waals surface area contributed by atoms with E-state index in [-0.39, 0.29) is 17.0 Å². The van der Waals surface area contributed by atoms with Crippen molar-refractivity contribution >= 4 is 17.5 Å². The summed E-state index contributed by atoms with van der Waals surface area (Å²) >= 11 is 0. The first kappa shape index (κ1) is 14.7. The molecule has 0 bridgehead atoms. The molecule has 0 unspecified atom stereocenters. The lowest BCUT2D eigenvalue weighted by molar-refractivity contribution is -0.385. The quantitative estimate of drug-likeness (QED) is 0.359. The van der Waals surface area contributed by atoms with E-state index in [0.717, 1.165) is 12.0 Å². The van der Waals surface area contributed by atoms with Crippen molar-refractivity contribution in [2.24, 2.45) is 0 Å². The maximum Gasteiger partial charge on any atom is 0.280 e. The molecule has 0 saturated heterocycles. The molecule has 0 amide bonds. The Morgan fingerprint density at radius 2 is 1.81 bits per heavy atom. The van der Waals surface area contributed by atoms with Crippen LogP contribution in [0.4, 0.5) is 5.69 Å². The predicted octanol–water partition coefficient (Wildman–Crippen LogP) is 4.05. The molecule has 0 heterocycles. The van der Waals surface area contributed by atoms with Crippen LogP contribution in [0.15, 0.2) is 54.6 Å². The minimum atomic E-state index is -0.545. The van der Waals surface area contributed by atoms with E-state index in [1.807, 2.05) is 24.3 Å². The first-order valence-electron chi connectivity index (χ1n) is 6.66. The second kappa shape index (κ2) is 6.61. The molecule has 4 heteroatoms. The molecule has 21 heavy (non-hydrogen) atoms. The van der Waals surface area contributed by atoms with E-state index in [4.69, 9.17) is 0 Å². The van der Waals surface area contributed by atoms with Crippen LogP contribution in [0, 0.1) is 10.1 Å². The molecule has 4 nitrogen and oxygen atoms in total. The third-order valence-electron chi connectivity index (χ3n) is 3.18. The summed E-state index contributed by atoms with van der Waals surface area (Å²) in [5.41, 5.74) is 2.04. The highest BCUT2D eigenvalue weighted by Gasteiger charge is 2.16. The van der Waals surface area contributed by atoms with Gasteiger partial charge in [0.2, 0.25) is 0 Å². The van der Waals surface area contributed by atoms with Crippen molar-refractivity contribution in [1.82, 2.24) is 0 Å². The third-order valence-corrected chi connectivity index (χ3v) is 3.18. The summed E-state index contributed by atoms with van der Waals surface area (Å²) in [6, 6.07) is 13.8. The first-order chi connectivity index (χ1) is 10.1. The van der Waals surface area contributed by atoms with Gasteiger partial charge in [-0.1, -0.05) is 49.4 Å². The number of allylic oxidation sites excluding steroid dienone is 1. The Morgan fingerprint density at radius 1 is 1.14 bits per heavy atom. The van der Waals surface area contributed by atoms with Crippen molar-refractivity contribution in [3.05, 3.63) is 81.4 Å². The lowest BCUT2D eigenvalue weighted by Crippen LogP contribution is -2.00. The predicted molar refractivity (Wildman–Crippen MR) is 82.3 cm³/mol. The molecular weight excluding hydrogens is 266 g/mol. The number of aryl methyl sites for hydroxylation is 1. The van der Waals surface area contributed by atoms with Gasteiger partial charge < -0.3 is 0 Å². The zero-order valence-corrected chi connectivity index (χ0v) is 11.7. The number of para-hydroxylation sites is 1. The van der Waals surface area contributed by atoms with Crippen LogP contribution < -0.4 is 0 Å². The second-order valence-electron chi connectivity index (χ2n) is 4.57. The van der Waals surface area contributed by atoms with E-state index in [2.05, 4.69) is 6.92 Å². The maximum atomic E-state index is 12.1. The number of rotatable bonds is 5. The van der Waals surface area contributed by atoms with Crippen LogP contribution >= 0.6 is 0 Å². The van der Waals surface area contributed by atoms with Gasteiger partial charge in [-0.3, -0.25) is 14.9 Å². The van der Waals surface area contributed by atoms with E-state index in [0.29, 0.717) is 0 Å². The summed E-state index contributed by atoms with van der Waals surface area (Å²) in [6.07, 6.45) is 3.99.